The van der Waals surface area contributed by atoms with Crippen molar-refractivity contribution >= 4 is 15.9 Å². The van der Waals surface area contributed by atoms with Crippen LogP contribution in [0.15, 0.2) is 47.4 Å². The number of aryl methyl sites for hydroxylation is 3. The van der Waals surface area contributed by atoms with Crippen molar-refractivity contribution in [2.75, 3.05) is 32.7 Å². The first-order chi connectivity index (χ1) is 13.8. The van der Waals surface area contributed by atoms with E-state index in [-0.39, 0.29) is 12.5 Å². The fraction of sp³-hybridized carbons (Fsp3) is 0.409. The van der Waals surface area contributed by atoms with Crippen LogP contribution in [0.1, 0.15) is 22.3 Å². The number of amides is 1. The number of carbonyl (C=O) groups is 1. The minimum Gasteiger partial charge on any atom is -0.351 e. The fourth-order valence-corrected chi connectivity index (χ4v) is 5.72. The Morgan fingerprint density at radius 3 is 2.14 bits per heavy atom. The monoisotopic (exact) mass is 415 g/mol. The Bertz CT molecular complexity index is 943. The second-order valence-corrected chi connectivity index (χ2v) is 9.55. The number of carbonyl (C=O) groups excluding carboxylic acids is 1. The van der Waals surface area contributed by atoms with E-state index >= 15 is 0 Å². The van der Waals surface area contributed by atoms with Gasteiger partial charge in [-0.1, -0.05) is 48.0 Å². The van der Waals surface area contributed by atoms with Gasteiger partial charge in [0.2, 0.25) is 15.9 Å². The number of piperazine rings is 1. The van der Waals surface area contributed by atoms with Crippen molar-refractivity contribution in [3.63, 3.8) is 0 Å². The number of nitrogens with zero attached hydrogens (tertiary/aromatic N) is 2. The van der Waals surface area contributed by atoms with Crippen molar-refractivity contribution in [3.05, 3.63) is 64.7 Å². The summed E-state index contributed by atoms with van der Waals surface area (Å²) in [5.41, 5.74) is 3.68. The van der Waals surface area contributed by atoms with Gasteiger partial charge in [0.05, 0.1) is 11.4 Å². The largest absolute Gasteiger partial charge is 0.351 e. The summed E-state index contributed by atoms with van der Waals surface area (Å²) in [6.07, 6.45) is 0. The topological polar surface area (TPSA) is 69.7 Å². The smallest absolute Gasteiger partial charge is 0.243 e. The van der Waals surface area contributed by atoms with Crippen LogP contribution in [0.4, 0.5) is 0 Å². The summed E-state index contributed by atoms with van der Waals surface area (Å²) in [5, 5.41) is 2.92. The van der Waals surface area contributed by atoms with Crippen molar-refractivity contribution < 1.29 is 13.2 Å². The van der Waals surface area contributed by atoms with E-state index in [0.717, 1.165) is 22.3 Å². The van der Waals surface area contributed by atoms with Crippen LogP contribution in [0.5, 0.6) is 0 Å². The molecule has 29 heavy (non-hydrogen) atoms. The first-order valence-corrected chi connectivity index (χ1v) is 11.3. The number of hydrogen-bond donors (Lipinski definition) is 1. The average molecular weight is 416 g/mol. The molecule has 1 N–H and O–H groups in total. The molecule has 0 unspecified atom stereocenters. The lowest BCUT2D eigenvalue weighted by molar-refractivity contribution is -0.122. The third-order valence-corrected chi connectivity index (χ3v) is 7.44. The van der Waals surface area contributed by atoms with Crippen molar-refractivity contribution in [1.29, 1.82) is 0 Å². The van der Waals surface area contributed by atoms with Gasteiger partial charge in [0.15, 0.2) is 0 Å². The van der Waals surface area contributed by atoms with Gasteiger partial charge in [-0.3, -0.25) is 9.69 Å². The van der Waals surface area contributed by atoms with E-state index in [0.29, 0.717) is 37.6 Å². The Kier molecular flexibility index (Phi) is 6.72. The molecule has 0 aromatic heterocycles. The SMILES string of the molecule is Cc1cc(C)c(S(=O)(=O)N2CCN(CC(=O)NCc3ccccc3)CC2)c(C)c1. The summed E-state index contributed by atoms with van der Waals surface area (Å²) in [4.78, 5) is 14.6. The molecule has 0 radical (unpaired) electrons. The second kappa shape index (κ2) is 9.07. The van der Waals surface area contributed by atoms with Crippen LogP contribution in [0.3, 0.4) is 0 Å². The molecule has 1 amide bonds. The molecule has 0 aliphatic carbocycles. The van der Waals surface area contributed by atoms with Crippen molar-refractivity contribution in [3.8, 4) is 0 Å². The van der Waals surface area contributed by atoms with Crippen molar-refractivity contribution in [1.82, 2.24) is 14.5 Å². The van der Waals surface area contributed by atoms with E-state index in [9.17, 15) is 13.2 Å². The summed E-state index contributed by atoms with van der Waals surface area (Å²) in [6.45, 7) is 8.31. The summed E-state index contributed by atoms with van der Waals surface area (Å²) in [5.74, 6) is -0.0459. The van der Waals surface area contributed by atoms with E-state index in [1.165, 1.54) is 4.31 Å². The molecule has 1 heterocycles. The third kappa shape index (κ3) is 5.23. The Labute approximate surface area is 173 Å². The molecule has 1 aliphatic rings. The molecule has 0 saturated carbocycles. The molecule has 2 aromatic rings. The molecule has 2 aromatic carbocycles. The second-order valence-electron chi connectivity index (χ2n) is 7.67. The Morgan fingerprint density at radius 1 is 0.966 bits per heavy atom. The van der Waals surface area contributed by atoms with Gasteiger partial charge in [-0.2, -0.15) is 4.31 Å². The molecule has 0 bridgehead atoms. The Morgan fingerprint density at radius 2 is 1.55 bits per heavy atom. The lowest BCUT2D eigenvalue weighted by atomic mass is 10.1. The highest BCUT2D eigenvalue weighted by atomic mass is 32.2. The zero-order valence-corrected chi connectivity index (χ0v) is 18.1. The number of sulfonamides is 1. The summed E-state index contributed by atoms with van der Waals surface area (Å²) >= 11 is 0. The maximum Gasteiger partial charge on any atom is 0.243 e. The highest BCUT2D eigenvalue weighted by molar-refractivity contribution is 7.89. The molecule has 1 fully saturated rings. The zero-order valence-electron chi connectivity index (χ0n) is 17.3. The van der Waals surface area contributed by atoms with Crippen LogP contribution in [0, 0.1) is 20.8 Å². The van der Waals surface area contributed by atoms with E-state index in [4.69, 9.17) is 0 Å². The van der Waals surface area contributed by atoms with Gasteiger partial charge in [-0.25, -0.2) is 8.42 Å². The molecular weight excluding hydrogens is 386 g/mol. The number of rotatable bonds is 6. The normalized spacial score (nSPS) is 16.0. The molecule has 0 spiro atoms. The van der Waals surface area contributed by atoms with Crippen LogP contribution in [-0.2, 0) is 21.4 Å². The van der Waals surface area contributed by atoms with Crippen LogP contribution in [0.25, 0.3) is 0 Å². The van der Waals surface area contributed by atoms with Gasteiger partial charge >= 0.3 is 0 Å². The molecule has 1 saturated heterocycles. The molecule has 6 nitrogen and oxygen atoms in total. The summed E-state index contributed by atoms with van der Waals surface area (Å²) < 4.78 is 27.9. The maximum atomic E-state index is 13.2. The minimum absolute atomic E-state index is 0.0459. The number of hydrogen-bond acceptors (Lipinski definition) is 4. The molecular formula is C22H29N3O3S. The van der Waals surface area contributed by atoms with Gasteiger partial charge in [0.1, 0.15) is 0 Å². The predicted molar refractivity (Wildman–Crippen MR) is 114 cm³/mol. The summed E-state index contributed by atoms with van der Waals surface area (Å²) in [6, 6.07) is 13.6. The highest BCUT2D eigenvalue weighted by Crippen LogP contribution is 2.26. The first-order valence-electron chi connectivity index (χ1n) is 9.88. The van der Waals surface area contributed by atoms with E-state index in [1.807, 2.05) is 68.1 Å². The maximum absolute atomic E-state index is 13.2. The van der Waals surface area contributed by atoms with E-state index < -0.39 is 10.0 Å². The minimum atomic E-state index is -3.53. The van der Waals surface area contributed by atoms with Gasteiger partial charge in [-0.05, 0) is 37.5 Å². The van der Waals surface area contributed by atoms with Gasteiger partial charge in [0, 0.05) is 32.7 Å². The van der Waals surface area contributed by atoms with Crippen LogP contribution in [0.2, 0.25) is 0 Å². The number of benzene rings is 2. The standard InChI is InChI=1S/C22H29N3O3S/c1-17-13-18(2)22(19(3)14-17)29(27,28)25-11-9-24(10-12-25)16-21(26)23-15-20-7-5-4-6-8-20/h4-8,13-14H,9-12,15-16H2,1-3H3,(H,23,26). The summed E-state index contributed by atoms with van der Waals surface area (Å²) in [7, 11) is -3.53. The lowest BCUT2D eigenvalue weighted by Gasteiger charge is -2.34. The van der Waals surface area contributed by atoms with E-state index in [2.05, 4.69) is 5.32 Å². The molecule has 3 rings (SSSR count). The van der Waals surface area contributed by atoms with Crippen molar-refractivity contribution in [2.24, 2.45) is 0 Å². The zero-order chi connectivity index (χ0) is 21.0. The van der Waals surface area contributed by atoms with E-state index in [1.54, 1.807) is 0 Å². The first kappa shape index (κ1) is 21.5. The van der Waals surface area contributed by atoms with Crippen LogP contribution >= 0.6 is 0 Å². The van der Waals surface area contributed by atoms with Crippen molar-refractivity contribution in [2.45, 2.75) is 32.2 Å². The fourth-order valence-electron chi connectivity index (χ4n) is 3.89. The third-order valence-electron chi connectivity index (χ3n) is 5.23. The van der Waals surface area contributed by atoms with Crippen LogP contribution < -0.4 is 5.32 Å². The average Bonchev–Trinajstić information content (AvgIpc) is 2.66. The highest BCUT2D eigenvalue weighted by Gasteiger charge is 2.31. The quantitative estimate of drug-likeness (QED) is 0.786. The Hall–Kier alpha value is -2.22. The molecule has 7 heteroatoms. The Balaban J connectivity index is 1.55. The number of nitrogens with one attached hydrogen (secondary N) is 1. The lowest BCUT2D eigenvalue weighted by Crippen LogP contribution is -2.51. The molecule has 156 valence electrons. The van der Waals surface area contributed by atoms with Gasteiger partial charge in [-0.15, -0.1) is 0 Å². The molecule has 1 aliphatic heterocycles. The predicted octanol–water partition coefficient (Wildman–Crippen LogP) is 2.23. The van der Waals surface area contributed by atoms with Gasteiger partial charge < -0.3 is 5.32 Å². The van der Waals surface area contributed by atoms with Gasteiger partial charge in [0.25, 0.3) is 0 Å². The molecule has 0 atom stereocenters. The van der Waals surface area contributed by atoms with Crippen LogP contribution in [-0.4, -0.2) is 56.3 Å².